The predicted molar refractivity (Wildman–Crippen MR) is 50.1 cm³/mol. The molecule has 0 saturated heterocycles. The largest absolute Gasteiger partial charge is 0.372 e. The van der Waals surface area contributed by atoms with E-state index < -0.39 is 0 Å². The highest BCUT2D eigenvalue weighted by Gasteiger charge is 2.41. The lowest BCUT2D eigenvalue weighted by Crippen LogP contribution is -2.30. The van der Waals surface area contributed by atoms with Crippen LogP contribution in [0.25, 0.3) is 0 Å². The Morgan fingerprint density at radius 2 is 1.83 bits per heavy atom. The second kappa shape index (κ2) is 2.73. The molecule has 0 spiro atoms. The Hall–Kier alpha value is -0.0400. The fourth-order valence-electron chi connectivity index (χ4n) is 2.78. The lowest BCUT2D eigenvalue weighted by molar-refractivity contribution is -0.0815. The molecule has 0 radical (unpaired) electrons. The van der Waals surface area contributed by atoms with Gasteiger partial charge in [-0.05, 0) is 58.3 Å². The molecule has 2 fully saturated rings. The summed E-state index contributed by atoms with van der Waals surface area (Å²) in [5, 5.41) is 0. The first-order valence-corrected chi connectivity index (χ1v) is 5.22. The first-order valence-electron chi connectivity index (χ1n) is 5.22. The molecule has 2 saturated carbocycles. The first kappa shape index (κ1) is 8.55. The Bertz CT molecular complexity index is 168. The van der Waals surface area contributed by atoms with Crippen LogP contribution in [0.4, 0.5) is 0 Å². The van der Waals surface area contributed by atoms with Gasteiger partial charge in [-0.2, -0.15) is 0 Å². The van der Waals surface area contributed by atoms with Gasteiger partial charge in [0.15, 0.2) is 0 Å². The topological polar surface area (TPSA) is 9.23 Å². The molecule has 0 aromatic heterocycles. The molecule has 70 valence electrons. The number of fused-ring (bicyclic) bond motifs is 2. The lowest BCUT2D eigenvalue weighted by atomic mass is 9.97. The fourth-order valence-corrected chi connectivity index (χ4v) is 2.78. The summed E-state index contributed by atoms with van der Waals surface area (Å²) in [5.41, 5.74) is 0.0646. The van der Waals surface area contributed by atoms with Gasteiger partial charge in [-0.1, -0.05) is 0 Å². The highest BCUT2D eigenvalue weighted by Crippen LogP contribution is 2.46. The van der Waals surface area contributed by atoms with E-state index in [4.69, 9.17) is 4.74 Å². The van der Waals surface area contributed by atoms with E-state index in [0.29, 0.717) is 6.10 Å². The molecule has 0 N–H and O–H groups in total. The fraction of sp³-hybridized carbons (Fsp3) is 1.00. The van der Waals surface area contributed by atoms with Crippen LogP contribution in [-0.4, -0.2) is 11.7 Å². The summed E-state index contributed by atoms with van der Waals surface area (Å²) in [6.45, 7) is 6.50. The van der Waals surface area contributed by atoms with Gasteiger partial charge in [0.2, 0.25) is 0 Å². The van der Waals surface area contributed by atoms with Crippen LogP contribution in [0.15, 0.2) is 0 Å². The second-order valence-electron chi connectivity index (χ2n) is 5.44. The summed E-state index contributed by atoms with van der Waals surface area (Å²) in [7, 11) is 0. The van der Waals surface area contributed by atoms with Gasteiger partial charge in [0, 0.05) is 0 Å². The Morgan fingerprint density at radius 3 is 2.25 bits per heavy atom. The highest BCUT2D eigenvalue weighted by atomic mass is 16.5. The summed E-state index contributed by atoms with van der Waals surface area (Å²) in [5.74, 6) is 1.90. The Morgan fingerprint density at radius 1 is 1.08 bits per heavy atom. The summed E-state index contributed by atoms with van der Waals surface area (Å²) in [6, 6.07) is 0. The van der Waals surface area contributed by atoms with Crippen molar-refractivity contribution < 1.29 is 4.74 Å². The number of hydrogen-bond donors (Lipinski definition) is 0. The molecule has 3 atom stereocenters. The summed E-state index contributed by atoms with van der Waals surface area (Å²) in [6.07, 6.45) is 6.26. The van der Waals surface area contributed by atoms with Crippen molar-refractivity contribution in [3.8, 4) is 0 Å². The van der Waals surface area contributed by atoms with Crippen molar-refractivity contribution in [3.05, 3.63) is 0 Å². The minimum absolute atomic E-state index is 0.0646. The molecular formula is C11H20O. The molecule has 0 aromatic rings. The maximum Gasteiger partial charge on any atom is 0.0613 e. The minimum atomic E-state index is 0.0646. The van der Waals surface area contributed by atoms with Gasteiger partial charge < -0.3 is 4.74 Å². The molecule has 2 rings (SSSR count). The highest BCUT2D eigenvalue weighted by molar-refractivity contribution is 4.91. The maximum atomic E-state index is 6.03. The van der Waals surface area contributed by atoms with E-state index in [0.717, 1.165) is 11.8 Å². The van der Waals surface area contributed by atoms with Gasteiger partial charge in [0.05, 0.1) is 11.7 Å². The van der Waals surface area contributed by atoms with Crippen LogP contribution in [-0.2, 0) is 4.74 Å². The van der Waals surface area contributed by atoms with Crippen LogP contribution in [0.5, 0.6) is 0 Å². The Kier molecular flexibility index (Phi) is 1.95. The van der Waals surface area contributed by atoms with E-state index in [1.807, 2.05) is 0 Å². The van der Waals surface area contributed by atoms with Crippen molar-refractivity contribution in [2.75, 3.05) is 0 Å². The van der Waals surface area contributed by atoms with Crippen molar-refractivity contribution in [1.29, 1.82) is 0 Å². The van der Waals surface area contributed by atoms with Crippen LogP contribution in [0.2, 0.25) is 0 Å². The monoisotopic (exact) mass is 168 g/mol. The van der Waals surface area contributed by atoms with E-state index in [2.05, 4.69) is 20.8 Å². The average molecular weight is 168 g/mol. The average Bonchev–Trinajstić information content (AvgIpc) is 2.42. The maximum absolute atomic E-state index is 6.03. The van der Waals surface area contributed by atoms with Crippen LogP contribution in [0.3, 0.4) is 0 Å². The summed E-state index contributed by atoms with van der Waals surface area (Å²) >= 11 is 0. The Labute approximate surface area is 75.5 Å². The van der Waals surface area contributed by atoms with Crippen molar-refractivity contribution in [1.82, 2.24) is 0 Å². The lowest BCUT2D eigenvalue weighted by Gasteiger charge is -2.30. The molecule has 2 bridgehead atoms. The molecule has 0 aromatic carbocycles. The van der Waals surface area contributed by atoms with Gasteiger partial charge in [0.25, 0.3) is 0 Å². The van der Waals surface area contributed by atoms with Crippen molar-refractivity contribution in [2.45, 2.75) is 58.2 Å². The standard InChI is InChI=1S/C11H20O/c1-11(2,3)12-10-7-8-4-5-9(10)6-8/h8-10H,4-7H2,1-3H3/t8-,9+,10+/m0/s1. The molecule has 1 heteroatoms. The number of ether oxygens (including phenoxy) is 1. The van der Waals surface area contributed by atoms with Crippen LogP contribution < -0.4 is 0 Å². The summed E-state index contributed by atoms with van der Waals surface area (Å²) in [4.78, 5) is 0. The SMILES string of the molecule is CC(C)(C)O[C@@H]1C[C@H]2CC[C@@H]1C2. The van der Waals surface area contributed by atoms with Gasteiger partial charge in [-0.15, -0.1) is 0 Å². The molecule has 0 heterocycles. The third-order valence-electron chi connectivity index (χ3n) is 3.18. The number of hydrogen-bond acceptors (Lipinski definition) is 1. The van der Waals surface area contributed by atoms with Crippen molar-refractivity contribution in [3.63, 3.8) is 0 Å². The molecule has 2 aliphatic carbocycles. The van der Waals surface area contributed by atoms with Gasteiger partial charge in [0.1, 0.15) is 0 Å². The number of rotatable bonds is 1. The Balaban J connectivity index is 1.91. The smallest absolute Gasteiger partial charge is 0.0613 e. The quantitative estimate of drug-likeness (QED) is 0.585. The normalized spacial score (nSPS) is 40.8. The molecule has 0 unspecified atom stereocenters. The van der Waals surface area contributed by atoms with Crippen LogP contribution in [0.1, 0.15) is 46.5 Å². The van der Waals surface area contributed by atoms with Gasteiger partial charge in [-0.3, -0.25) is 0 Å². The molecule has 0 aliphatic heterocycles. The van der Waals surface area contributed by atoms with E-state index in [9.17, 15) is 0 Å². The van der Waals surface area contributed by atoms with E-state index in [1.165, 1.54) is 25.7 Å². The van der Waals surface area contributed by atoms with Crippen molar-refractivity contribution in [2.24, 2.45) is 11.8 Å². The van der Waals surface area contributed by atoms with Gasteiger partial charge >= 0.3 is 0 Å². The predicted octanol–water partition coefficient (Wildman–Crippen LogP) is 2.99. The third kappa shape index (κ3) is 1.66. The molecular weight excluding hydrogens is 148 g/mol. The zero-order valence-electron chi connectivity index (χ0n) is 8.47. The van der Waals surface area contributed by atoms with E-state index in [1.54, 1.807) is 0 Å². The van der Waals surface area contributed by atoms with Gasteiger partial charge in [-0.25, -0.2) is 0 Å². The zero-order valence-corrected chi connectivity index (χ0v) is 8.47. The summed E-state index contributed by atoms with van der Waals surface area (Å²) < 4.78 is 6.03. The van der Waals surface area contributed by atoms with E-state index in [-0.39, 0.29) is 5.60 Å². The van der Waals surface area contributed by atoms with Crippen LogP contribution >= 0.6 is 0 Å². The third-order valence-corrected chi connectivity index (χ3v) is 3.18. The molecule has 0 amide bonds. The van der Waals surface area contributed by atoms with E-state index >= 15 is 0 Å². The minimum Gasteiger partial charge on any atom is -0.372 e. The molecule has 12 heavy (non-hydrogen) atoms. The molecule has 2 aliphatic rings. The zero-order chi connectivity index (χ0) is 8.77. The molecule has 1 nitrogen and oxygen atoms in total. The van der Waals surface area contributed by atoms with Crippen LogP contribution in [0, 0.1) is 11.8 Å². The first-order chi connectivity index (χ1) is 5.54. The van der Waals surface area contributed by atoms with Crippen molar-refractivity contribution >= 4 is 0 Å². The second-order valence-corrected chi connectivity index (χ2v) is 5.44.